The van der Waals surface area contributed by atoms with Crippen LogP contribution >= 0.6 is 0 Å². The first kappa shape index (κ1) is 20.2. The maximum Gasteiger partial charge on any atom is 0.305 e. The number of benzene rings is 1. The number of sulfonamides is 1. The van der Waals surface area contributed by atoms with Gasteiger partial charge in [0.25, 0.3) is 5.91 Å². The quantitative estimate of drug-likeness (QED) is 0.785. The van der Waals surface area contributed by atoms with Crippen molar-refractivity contribution in [3.63, 3.8) is 0 Å². The van der Waals surface area contributed by atoms with Gasteiger partial charge in [-0.3, -0.25) is 13.9 Å². The molecule has 0 saturated carbocycles. The summed E-state index contributed by atoms with van der Waals surface area (Å²) in [6, 6.07) is 4.89. The van der Waals surface area contributed by atoms with Gasteiger partial charge in [0.15, 0.2) is 0 Å². The fourth-order valence-electron chi connectivity index (χ4n) is 3.02. The van der Waals surface area contributed by atoms with E-state index in [1.807, 2.05) is 13.8 Å². The summed E-state index contributed by atoms with van der Waals surface area (Å²) in [4.78, 5) is 23.8. The highest BCUT2D eigenvalue weighted by Gasteiger charge is 2.34. The van der Waals surface area contributed by atoms with Crippen LogP contribution in [0.3, 0.4) is 0 Å². The molecule has 1 heterocycles. The van der Waals surface area contributed by atoms with Gasteiger partial charge >= 0.3 is 5.97 Å². The zero-order valence-corrected chi connectivity index (χ0v) is 16.4. The topological polar surface area (TPSA) is 104 Å². The van der Waals surface area contributed by atoms with Crippen molar-refractivity contribution in [3.8, 4) is 0 Å². The van der Waals surface area contributed by atoms with Crippen molar-refractivity contribution in [1.29, 1.82) is 0 Å². The second kappa shape index (κ2) is 7.26. The van der Waals surface area contributed by atoms with E-state index in [9.17, 15) is 18.0 Å². The van der Waals surface area contributed by atoms with Crippen LogP contribution < -0.4 is 9.62 Å². The number of hydrogen-bond donors (Lipinski definition) is 2. The van der Waals surface area contributed by atoms with E-state index in [0.29, 0.717) is 29.8 Å². The van der Waals surface area contributed by atoms with Crippen LogP contribution in [0.4, 0.5) is 5.69 Å². The minimum Gasteiger partial charge on any atom is -0.481 e. The summed E-state index contributed by atoms with van der Waals surface area (Å²) in [5, 5.41) is 12.0. The zero-order chi connectivity index (χ0) is 19.7. The number of carboxylic acids is 1. The summed E-state index contributed by atoms with van der Waals surface area (Å²) in [5.41, 5.74) is 0.714. The molecular formula is C18H26N2O5S. The van der Waals surface area contributed by atoms with Crippen LogP contribution in [-0.2, 0) is 14.8 Å². The van der Waals surface area contributed by atoms with Gasteiger partial charge in [0.05, 0.1) is 23.4 Å². The van der Waals surface area contributed by atoms with Gasteiger partial charge < -0.3 is 10.4 Å². The third kappa shape index (κ3) is 4.17. The lowest BCUT2D eigenvalue weighted by Crippen LogP contribution is -2.51. The second-order valence-electron chi connectivity index (χ2n) is 7.34. The standard InChI is InChI=1S/C18H26N2O5S/c1-12(2)18(4,11-16(21)22)19-17(23)15-7-6-14(10-13(15)3)20-8-5-9-26(20,24)25/h6-7,10,12H,5,8-9,11H2,1-4H3,(H,19,23)(H,21,22). The number of nitrogens with zero attached hydrogens (tertiary/aromatic N) is 1. The number of carbonyl (C=O) groups is 2. The van der Waals surface area contributed by atoms with E-state index in [1.54, 1.807) is 32.0 Å². The molecule has 0 bridgehead atoms. The molecule has 1 unspecified atom stereocenters. The maximum absolute atomic E-state index is 12.7. The molecule has 0 radical (unpaired) electrons. The molecule has 26 heavy (non-hydrogen) atoms. The summed E-state index contributed by atoms with van der Waals surface area (Å²) in [6.07, 6.45) is 0.408. The Bertz CT molecular complexity index is 819. The van der Waals surface area contributed by atoms with Crippen LogP contribution in [0.2, 0.25) is 0 Å². The Kier molecular flexibility index (Phi) is 5.65. The van der Waals surface area contributed by atoms with Gasteiger partial charge in [-0.1, -0.05) is 13.8 Å². The van der Waals surface area contributed by atoms with Gasteiger partial charge in [-0.2, -0.15) is 0 Å². The van der Waals surface area contributed by atoms with Crippen molar-refractivity contribution in [2.45, 2.75) is 46.1 Å². The molecule has 1 amide bonds. The predicted molar refractivity (Wildman–Crippen MR) is 99.9 cm³/mol. The largest absolute Gasteiger partial charge is 0.481 e. The summed E-state index contributed by atoms with van der Waals surface area (Å²) in [7, 11) is -3.28. The Morgan fingerprint density at radius 3 is 2.46 bits per heavy atom. The highest BCUT2D eigenvalue weighted by molar-refractivity contribution is 7.93. The Hall–Kier alpha value is -2.09. The first-order chi connectivity index (χ1) is 12.0. The van der Waals surface area contributed by atoms with Crippen molar-refractivity contribution < 1.29 is 23.1 Å². The Labute approximate surface area is 154 Å². The highest BCUT2D eigenvalue weighted by atomic mass is 32.2. The van der Waals surface area contributed by atoms with Gasteiger partial charge in [0.2, 0.25) is 10.0 Å². The number of hydrogen-bond acceptors (Lipinski definition) is 4. The van der Waals surface area contributed by atoms with Gasteiger partial charge in [0, 0.05) is 12.1 Å². The van der Waals surface area contributed by atoms with E-state index in [2.05, 4.69) is 5.32 Å². The molecule has 7 nitrogen and oxygen atoms in total. The summed E-state index contributed by atoms with van der Waals surface area (Å²) >= 11 is 0. The van der Waals surface area contributed by atoms with Crippen molar-refractivity contribution in [2.24, 2.45) is 5.92 Å². The number of aliphatic carboxylic acids is 1. The van der Waals surface area contributed by atoms with Gasteiger partial charge in [-0.05, 0) is 49.9 Å². The molecule has 2 N–H and O–H groups in total. The highest BCUT2D eigenvalue weighted by Crippen LogP contribution is 2.27. The molecule has 1 aromatic rings. The van der Waals surface area contributed by atoms with E-state index < -0.39 is 21.5 Å². The monoisotopic (exact) mass is 382 g/mol. The van der Waals surface area contributed by atoms with Gasteiger partial charge in [-0.15, -0.1) is 0 Å². The number of anilines is 1. The Morgan fingerprint density at radius 2 is 2.00 bits per heavy atom. The number of amides is 1. The van der Waals surface area contributed by atoms with Crippen LogP contribution in [-0.4, -0.2) is 43.2 Å². The molecule has 2 rings (SSSR count). The van der Waals surface area contributed by atoms with Crippen molar-refractivity contribution in [2.75, 3.05) is 16.6 Å². The molecule has 0 aromatic heterocycles. The first-order valence-corrected chi connectivity index (χ1v) is 10.2. The number of rotatable bonds is 6. The van der Waals surface area contributed by atoms with Gasteiger partial charge in [0.1, 0.15) is 0 Å². The van der Waals surface area contributed by atoms with E-state index >= 15 is 0 Å². The third-order valence-corrected chi connectivity index (χ3v) is 6.90. The van der Waals surface area contributed by atoms with Crippen LogP contribution in [0.1, 0.15) is 49.5 Å². The molecule has 8 heteroatoms. The maximum atomic E-state index is 12.7. The number of aryl methyl sites for hydroxylation is 1. The van der Waals surface area contributed by atoms with Crippen LogP contribution in [0.25, 0.3) is 0 Å². The molecule has 1 fully saturated rings. The Morgan fingerprint density at radius 1 is 1.35 bits per heavy atom. The molecule has 0 aliphatic carbocycles. The van der Waals surface area contributed by atoms with E-state index in [4.69, 9.17) is 5.11 Å². The fraction of sp³-hybridized carbons (Fsp3) is 0.556. The lowest BCUT2D eigenvalue weighted by Gasteiger charge is -2.33. The van der Waals surface area contributed by atoms with Crippen LogP contribution in [0, 0.1) is 12.8 Å². The summed E-state index contributed by atoms with van der Waals surface area (Å²) < 4.78 is 25.5. The molecule has 1 atom stereocenters. The van der Waals surface area contributed by atoms with Gasteiger partial charge in [-0.25, -0.2) is 8.42 Å². The first-order valence-electron chi connectivity index (χ1n) is 8.61. The van der Waals surface area contributed by atoms with Crippen LogP contribution in [0.5, 0.6) is 0 Å². The molecule has 144 valence electrons. The summed E-state index contributed by atoms with van der Waals surface area (Å²) in [5.74, 6) is -1.28. The lowest BCUT2D eigenvalue weighted by molar-refractivity contribution is -0.138. The Balaban J connectivity index is 2.26. The second-order valence-corrected chi connectivity index (χ2v) is 9.35. The smallest absolute Gasteiger partial charge is 0.305 e. The number of nitrogens with one attached hydrogen (secondary N) is 1. The fourth-order valence-corrected chi connectivity index (χ4v) is 4.58. The third-order valence-electron chi connectivity index (χ3n) is 5.03. The van der Waals surface area contributed by atoms with Crippen molar-refractivity contribution in [1.82, 2.24) is 5.32 Å². The molecule has 1 aliphatic heterocycles. The molecule has 1 aromatic carbocycles. The van der Waals surface area contributed by atoms with Crippen molar-refractivity contribution in [3.05, 3.63) is 29.3 Å². The van der Waals surface area contributed by atoms with E-state index in [1.165, 1.54) is 4.31 Å². The summed E-state index contributed by atoms with van der Waals surface area (Å²) in [6.45, 7) is 7.61. The SMILES string of the molecule is Cc1cc(N2CCCS2(=O)=O)ccc1C(=O)NC(C)(CC(=O)O)C(C)C. The normalized spacial score (nSPS) is 18.6. The van der Waals surface area contributed by atoms with E-state index in [0.717, 1.165) is 0 Å². The minimum atomic E-state index is -3.28. The molecule has 0 spiro atoms. The van der Waals surface area contributed by atoms with Crippen LogP contribution in [0.15, 0.2) is 18.2 Å². The molecular weight excluding hydrogens is 356 g/mol. The molecule has 1 saturated heterocycles. The average molecular weight is 382 g/mol. The minimum absolute atomic E-state index is 0.0723. The van der Waals surface area contributed by atoms with Crippen molar-refractivity contribution >= 4 is 27.6 Å². The average Bonchev–Trinajstić information content (AvgIpc) is 2.85. The number of carboxylic acid groups (broad SMARTS) is 1. The zero-order valence-electron chi connectivity index (χ0n) is 15.6. The predicted octanol–water partition coefficient (Wildman–Crippen LogP) is 2.15. The number of carbonyl (C=O) groups excluding carboxylic acids is 1. The van der Waals surface area contributed by atoms with E-state index in [-0.39, 0.29) is 24.0 Å². The molecule has 1 aliphatic rings. The lowest BCUT2D eigenvalue weighted by atomic mass is 9.84.